The highest BCUT2D eigenvalue weighted by atomic mass is 16.5. The van der Waals surface area contributed by atoms with Crippen LogP contribution in [0.4, 0.5) is 0 Å². The van der Waals surface area contributed by atoms with E-state index in [2.05, 4.69) is 5.32 Å². The summed E-state index contributed by atoms with van der Waals surface area (Å²) in [4.78, 5) is 0. The Balaban J connectivity index is 2.21. The lowest BCUT2D eigenvalue weighted by molar-refractivity contribution is 0.0109. The minimum absolute atomic E-state index is 0.157. The SMILES string of the molecule is CCC(CO)(CO)NCC(O)COCc1ccco1. The fourth-order valence-electron chi connectivity index (χ4n) is 1.59. The molecule has 110 valence electrons. The summed E-state index contributed by atoms with van der Waals surface area (Å²) in [6.07, 6.45) is 1.42. The van der Waals surface area contributed by atoms with Crippen molar-refractivity contribution in [3.05, 3.63) is 24.2 Å². The Labute approximate surface area is 113 Å². The predicted molar refractivity (Wildman–Crippen MR) is 69.6 cm³/mol. The fourth-order valence-corrected chi connectivity index (χ4v) is 1.59. The highest BCUT2D eigenvalue weighted by Crippen LogP contribution is 2.08. The van der Waals surface area contributed by atoms with Gasteiger partial charge in [-0.25, -0.2) is 0 Å². The lowest BCUT2D eigenvalue weighted by atomic mass is 9.98. The van der Waals surface area contributed by atoms with Gasteiger partial charge < -0.3 is 29.8 Å². The molecule has 0 amide bonds. The van der Waals surface area contributed by atoms with Crippen molar-refractivity contribution in [1.82, 2.24) is 5.32 Å². The van der Waals surface area contributed by atoms with E-state index >= 15 is 0 Å². The number of β-amino-alcohol motifs (C(OH)–C–C–N with tert-alkyl or cyclic N) is 1. The normalized spacial score (nSPS) is 13.7. The first-order valence-electron chi connectivity index (χ1n) is 6.40. The van der Waals surface area contributed by atoms with E-state index < -0.39 is 11.6 Å². The van der Waals surface area contributed by atoms with Crippen LogP contribution in [0.3, 0.4) is 0 Å². The monoisotopic (exact) mass is 273 g/mol. The van der Waals surface area contributed by atoms with Gasteiger partial charge in [-0.3, -0.25) is 0 Å². The molecule has 1 rings (SSSR count). The number of nitrogens with one attached hydrogen (secondary N) is 1. The lowest BCUT2D eigenvalue weighted by Gasteiger charge is -2.30. The largest absolute Gasteiger partial charge is 0.467 e. The molecule has 0 aromatic carbocycles. The van der Waals surface area contributed by atoms with Gasteiger partial charge in [0, 0.05) is 6.54 Å². The average Bonchev–Trinajstić information content (AvgIpc) is 2.94. The van der Waals surface area contributed by atoms with Crippen LogP contribution in [-0.2, 0) is 11.3 Å². The first kappa shape index (κ1) is 16.1. The molecule has 1 aromatic heterocycles. The van der Waals surface area contributed by atoms with E-state index in [1.807, 2.05) is 6.92 Å². The maximum absolute atomic E-state index is 9.75. The number of hydrogen-bond acceptors (Lipinski definition) is 6. The molecule has 6 heteroatoms. The molecule has 0 fully saturated rings. The highest BCUT2D eigenvalue weighted by molar-refractivity contribution is 4.96. The van der Waals surface area contributed by atoms with E-state index in [1.165, 1.54) is 0 Å². The van der Waals surface area contributed by atoms with E-state index in [4.69, 9.17) is 9.15 Å². The molecule has 1 aromatic rings. The fraction of sp³-hybridized carbons (Fsp3) is 0.692. The number of furan rings is 1. The van der Waals surface area contributed by atoms with Crippen LogP contribution >= 0.6 is 0 Å². The Morgan fingerprint density at radius 1 is 1.42 bits per heavy atom. The first-order chi connectivity index (χ1) is 9.15. The van der Waals surface area contributed by atoms with Crippen LogP contribution in [0.15, 0.2) is 22.8 Å². The van der Waals surface area contributed by atoms with Crippen LogP contribution in [-0.4, -0.2) is 53.3 Å². The van der Waals surface area contributed by atoms with Crippen LogP contribution in [0.2, 0.25) is 0 Å². The number of aliphatic hydroxyl groups excluding tert-OH is 3. The summed E-state index contributed by atoms with van der Waals surface area (Å²) in [5.41, 5.74) is -0.748. The minimum Gasteiger partial charge on any atom is -0.467 e. The quantitative estimate of drug-likeness (QED) is 0.475. The molecule has 4 N–H and O–H groups in total. The summed E-state index contributed by atoms with van der Waals surface area (Å²) in [6.45, 7) is 2.21. The Kier molecular flexibility index (Phi) is 7.04. The van der Waals surface area contributed by atoms with Gasteiger partial charge in [0.25, 0.3) is 0 Å². The molecule has 0 aliphatic rings. The molecule has 0 saturated heterocycles. The first-order valence-corrected chi connectivity index (χ1v) is 6.40. The van der Waals surface area contributed by atoms with Crippen LogP contribution in [0.5, 0.6) is 0 Å². The Morgan fingerprint density at radius 2 is 2.16 bits per heavy atom. The van der Waals surface area contributed by atoms with Crippen molar-refractivity contribution < 1.29 is 24.5 Å². The van der Waals surface area contributed by atoms with Gasteiger partial charge in [0.15, 0.2) is 0 Å². The van der Waals surface area contributed by atoms with Crippen LogP contribution in [0.25, 0.3) is 0 Å². The Morgan fingerprint density at radius 3 is 2.68 bits per heavy atom. The topological polar surface area (TPSA) is 95.1 Å². The van der Waals surface area contributed by atoms with E-state index in [-0.39, 0.29) is 26.4 Å². The van der Waals surface area contributed by atoms with Crippen LogP contribution in [0, 0.1) is 0 Å². The Hall–Kier alpha value is -0.920. The second-order valence-corrected chi connectivity index (χ2v) is 4.58. The maximum atomic E-state index is 9.75. The van der Waals surface area contributed by atoms with Crippen molar-refractivity contribution in [2.75, 3.05) is 26.4 Å². The Bertz CT molecular complexity index is 316. The number of hydrogen-bond donors (Lipinski definition) is 4. The highest BCUT2D eigenvalue weighted by Gasteiger charge is 2.26. The number of rotatable bonds is 10. The van der Waals surface area contributed by atoms with Crippen LogP contribution in [0.1, 0.15) is 19.1 Å². The van der Waals surface area contributed by atoms with Crippen molar-refractivity contribution in [1.29, 1.82) is 0 Å². The van der Waals surface area contributed by atoms with E-state index in [0.717, 1.165) is 0 Å². The van der Waals surface area contributed by atoms with Crippen molar-refractivity contribution in [2.24, 2.45) is 0 Å². The van der Waals surface area contributed by atoms with Crippen molar-refractivity contribution in [3.8, 4) is 0 Å². The van der Waals surface area contributed by atoms with Crippen molar-refractivity contribution in [2.45, 2.75) is 31.6 Å². The molecule has 0 aliphatic heterocycles. The zero-order chi connectivity index (χ0) is 14.1. The van der Waals surface area contributed by atoms with Crippen molar-refractivity contribution >= 4 is 0 Å². The lowest BCUT2D eigenvalue weighted by Crippen LogP contribution is -2.53. The molecule has 1 unspecified atom stereocenters. The molecular weight excluding hydrogens is 250 g/mol. The van der Waals surface area contributed by atoms with Gasteiger partial charge in [-0.2, -0.15) is 0 Å². The second-order valence-electron chi connectivity index (χ2n) is 4.58. The molecule has 0 aliphatic carbocycles. The number of aliphatic hydroxyl groups is 3. The van der Waals surface area contributed by atoms with E-state index in [1.54, 1.807) is 18.4 Å². The molecule has 0 spiro atoms. The summed E-state index contributed by atoms with van der Waals surface area (Å²) in [5.74, 6) is 0.703. The maximum Gasteiger partial charge on any atom is 0.129 e. The van der Waals surface area contributed by atoms with Gasteiger partial charge in [-0.1, -0.05) is 6.92 Å². The zero-order valence-electron chi connectivity index (χ0n) is 11.2. The van der Waals surface area contributed by atoms with Gasteiger partial charge >= 0.3 is 0 Å². The molecule has 0 bridgehead atoms. The predicted octanol–water partition coefficient (Wildman–Crippen LogP) is -0.120. The molecule has 0 radical (unpaired) electrons. The van der Waals surface area contributed by atoms with Crippen molar-refractivity contribution in [3.63, 3.8) is 0 Å². The second kappa shape index (κ2) is 8.29. The smallest absolute Gasteiger partial charge is 0.129 e. The molecule has 0 saturated carbocycles. The van der Waals surface area contributed by atoms with E-state index in [9.17, 15) is 15.3 Å². The summed E-state index contributed by atoms with van der Waals surface area (Å²) >= 11 is 0. The van der Waals surface area contributed by atoms with E-state index in [0.29, 0.717) is 18.8 Å². The molecule has 1 heterocycles. The average molecular weight is 273 g/mol. The standard InChI is InChI=1S/C13H23NO5/c1-2-13(9-15,10-16)14-6-11(17)7-18-8-12-4-3-5-19-12/h3-5,11,14-17H,2,6-10H2,1H3. The van der Waals surface area contributed by atoms with Gasteiger partial charge in [0.2, 0.25) is 0 Å². The van der Waals surface area contributed by atoms with Crippen LogP contribution < -0.4 is 5.32 Å². The summed E-state index contributed by atoms with van der Waals surface area (Å²) in [7, 11) is 0. The molecule has 1 atom stereocenters. The third-order valence-corrected chi connectivity index (χ3v) is 3.13. The van der Waals surface area contributed by atoms with Gasteiger partial charge in [0.05, 0.1) is 37.7 Å². The summed E-state index contributed by atoms with van der Waals surface area (Å²) in [6, 6.07) is 3.57. The van der Waals surface area contributed by atoms with Gasteiger partial charge in [-0.05, 0) is 18.6 Å². The van der Waals surface area contributed by atoms with Gasteiger partial charge in [-0.15, -0.1) is 0 Å². The molecule has 19 heavy (non-hydrogen) atoms. The summed E-state index contributed by atoms with van der Waals surface area (Å²) in [5, 5.41) is 31.2. The third kappa shape index (κ3) is 5.30. The zero-order valence-corrected chi connectivity index (χ0v) is 11.2. The molecule has 6 nitrogen and oxygen atoms in total. The van der Waals surface area contributed by atoms with Gasteiger partial charge in [0.1, 0.15) is 12.4 Å². The summed E-state index contributed by atoms with van der Waals surface area (Å²) < 4.78 is 10.4. The number of ether oxygens (including phenoxy) is 1. The third-order valence-electron chi connectivity index (χ3n) is 3.13. The molecular formula is C13H23NO5. The minimum atomic E-state index is -0.748.